The third-order valence-electron chi connectivity index (χ3n) is 3.23. The summed E-state index contributed by atoms with van der Waals surface area (Å²) in [5.41, 5.74) is 6.87. The zero-order valence-corrected chi connectivity index (χ0v) is 14.2. The molecule has 0 aliphatic heterocycles. The topological polar surface area (TPSA) is 68.0 Å². The molecule has 116 valence electrons. The molecule has 1 aromatic heterocycles. The van der Waals surface area contributed by atoms with E-state index in [9.17, 15) is 4.79 Å². The van der Waals surface area contributed by atoms with Crippen molar-refractivity contribution in [3.8, 4) is 0 Å². The van der Waals surface area contributed by atoms with Crippen molar-refractivity contribution in [3.63, 3.8) is 0 Å². The molecule has 0 spiro atoms. The van der Waals surface area contributed by atoms with Gasteiger partial charge in [-0.25, -0.2) is 4.98 Å². The Morgan fingerprint density at radius 3 is 2.65 bits per heavy atom. The quantitative estimate of drug-likeness (QED) is 0.836. The molecule has 2 atom stereocenters. The van der Waals surface area contributed by atoms with Gasteiger partial charge in [0.2, 0.25) is 5.91 Å². The molecule has 4 nitrogen and oxygen atoms in total. The van der Waals surface area contributed by atoms with E-state index >= 15 is 0 Å². The summed E-state index contributed by atoms with van der Waals surface area (Å²) in [6.07, 6.45) is 4.01. The van der Waals surface area contributed by atoms with Gasteiger partial charge in [-0.1, -0.05) is 13.3 Å². The Kier molecular flexibility index (Phi) is 8.66. The van der Waals surface area contributed by atoms with Crippen molar-refractivity contribution in [1.82, 2.24) is 10.3 Å². The number of aromatic nitrogens is 1. The van der Waals surface area contributed by atoms with Gasteiger partial charge in [-0.2, -0.15) is 0 Å². The van der Waals surface area contributed by atoms with Gasteiger partial charge in [0.25, 0.3) is 0 Å². The average Bonchev–Trinajstić information content (AvgIpc) is 3.08. The van der Waals surface area contributed by atoms with E-state index in [2.05, 4.69) is 10.3 Å². The first-order chi connectivity index (χ1) is 8.61. The molecule has 2 unspecified atom stereocenters. The van der Waals surface area contributed by atoms with Crippen LogP contribution in [0.5, 0.6) is 0 Å². The lowest BCUT2D eigenvalue weighted by atomic mass is 10.1. The van der Waals surface area contributed by atoms with Crippen LogP contribution in [0, 0.1) is 12.8 Å². The molecular formula is C13H23Cl2N3OS. The van der Waals surface area contributed by atoms with Crippen molar-refractivity contribution >= 4 is 42.1 Å². The van der Waals surface area contributed by atoms with Crippen molar-refractivity contribution in [2.45, 2.75) is 51.6 Å². The largest absolute Gasteiger partial charge is 0.345 e. The second kappa shape index (κ2) is 8.82. The van der Waals surface area contributed by atoms with Crippen LogP contribution >= 0.6 is 36.2 Å². The summed E-state index contributed by atoms with van der Waals surface area (Å²) in [6.45, 7) is 4.02. The maximum absolute atomic E-state index is 12.0. The number of rotatable bonds is 6. The SMILES string of the molecule is CCCC(N)C(=O)NC(c1nc(C)cs1)C1CC1.Cl.Cl. The van der Waals surface area contributed by atoms with Gasteiger partial charge in [-0.3, -0.25) is 4.79 Å². The van der Waals surface area contributed by atoms with Crippen molar-refractivity contribution in [3.05, 3.63) is 16.1 Å². The van der Waals surface area contributed by atoms with Gasteiger partial charge < -0.3 is 11.1 Å². The highest BCUT2D eigenvalue weighted by Crippen LogP contribution is 2.41. The van der Waals surface area contributed by atoms with Gasteiger partial charge >= 0.3 is 0 Å². The molecule has 2 rings (SSSR count). The van der Waals surface area contributed by atoms with E-state index in [1.807, 2.05) is 19.2 Å². The molecule has 1 aromatic rings. The van der Waals surface area contributed by atoms with E-state index in [0.717, 1.165) is 23.5 Å². The first-order valence-electron chi connectivity index (χ1n) is 6.59. The van der Waals surface area contributed by atoms with Crippen LogP contribution in [0.2, 0.25) is 0 Å². The van der Waals surface area contributed by atoms with Gasteiger partial charge in [-0.05, 0) is 32.1 Å². The van der Waals surface area contributed by atoms with Crippen LogP contribution in [0.25, 0.3) is 0 Å². The lowest BCUT2D eigenvalue weighted by Gasteiger charge is -2.18. The number of nitrogens with zero attached hydrogens (tertiary/aromatic N) is 1. The van der Waals surface area contributed by atoms with E-state index in [-0.39, 0.29) is 36.8 Å². The monoisotopic (exact) mass is 339 g/mol. The van der Waals surface area contributed by atoms with Crippen LogP contribution in [0.4, 0.5) is 0 Å². The number of carbonyl (C=O) groups excluding carboxylic acids is 1. The summed E-state index contributed by atoms with van der Waals surface area (Å²) in [6, 6.07) is -0.323. The Morgan fingerprint density at radius 2 is 2.20 bits per heavy atom. The molecule has 20 heavy (non-hydrogen) atoms. The summed E-state index contributed by atoms with van der Waals surface area (Å²) >= 11 is 1.63. The van der Waals surface area contributed by atoms with Crippen LogP contribution in [0.1, 0.15) is 49.4 Å². The van der Waals surface area contributed by atoms with Crippen LogP contribution in [0.15, 0.2) is 5.38 Å². The first kappa shape index (κ1) is 19.6. The smallest absolute Gasteiger partial charge is 0.237 e. The second-order valence-corrected chi connectivity index (χ2v) is 5.94. The number of nitrogens with one attached hydrogen (secondary N) is 1. The van der Waals surface area contributed by atoms with E-state index in [0.29, 0.717) is 5.92 Å². The number of hydrogen-bond acceptors (Lipinski definition) is 4. The summed E-state index contributed by atoms with van der Waals surface area (Å²) in [5, 5.41) is 6.13. The molecule has 1 fully saturated rings. The van der Waals surface area contributed by atoms with Crippen molar-refractivity contribution in [2.24, 2.45) is 11.7 Å². The highest BCUT2D eigenvalue weighted by Gasteiger charge is 2.35. The fourth-order valence-electron chi connectivity index (χ4n) is 2.03. The maximum Gasteiger partial charge on any atom is 0.237 e. The molecule has 0 radical (unpaired) electrons. The molecule has 1 heterocycles. The second-order valence-electron chi connectivity index (χ2n) is 5.05. The van der Waals surface area contributed by atoms with Crippen molar-refractivity contribution in [2.75, 3.05) is 0 Å². The number of halogens is 2. The fourth-order valence-corrected chi connectivity index (χ4v) is 2.97. The Morgan fingerprint density at radius 1 is 1.55 bits per heavy atom. The minimum atomic E-state index is -0.391. The standard InChI is InChI=1S/C13H21N3OS.2ClH/c1-3-4-10(14)12(17)16-11(9-5-6-9)13-15-8(2)7-18-13;;/h7,9-11H,3-6,14H2,1-2H3,(H,16,17);2*1H. The zero-order valence-electron chi connectivity index (χ0n) is 11.8. The highest BCUT2D eigenvalue weighted by atomic mass is 35.5. The summed E-state index contributed by atoms with van der Waals surface area (Å²) in [7, 11) is 0. The number of hydrogen-bond donors (Lipinski definition) is 2. The van der Waals surface area contributed by atoms with E-state index in [1.165, 1.54) is 12.8 Å². The third kappa shape index (κ3) is 5.20. The predicted octanol–water partition coefficient (Wildman–Crippen LogP) is 2.99. The van der Waals surface area contributed by atoms with Crippen LogP contribution in [-0.2, 0) is 4.79 Å². The normalized spacial score (nSPS) is 16.6. The third-order valence-corrected chi connectivity index (χ3v) is 4.28. The number of aryl methyl sites for hydroxylation is 1. The molecular weight excluding hydrogens is 317 g/mol. The van der Waals surface area contributed by atoms with Crippen LogP contribution < -0.4 is 11.1 Å². The van der Waals surface area contributed by atoms with E-state index in [1.54, 1.807) is 11.3 Å². The molecule has 1 amide bonds. The highest BCUT2D eigenvalue weighted by molar-refractivity contribution is 7.09. The van der Waals surface area contributed by atoms with Gasteiger partial charge in [0.05, 0.1) is 12.1 Å². The molecule has 1 aliphatic carbocycles. The molecule has 0 aromatic carbocycles. The van der Waals surface area contributed by atoms with E-state index in [4.69, 9.17) is 5.73 Å². The van der Waals surface area contributed by atoms with Gasteiger partial charge in [0.15, 0.2) is 0 Å². The van der Waals surface area contributed by atoms with Gasteiger partial charge in [0.1, 0.15) is 5.01 Å². The summed E-state index contributed by atoms with van der Waals surface area (Å²) in [5.74, 6) is 0.509. The number of thiazole rings is 1. The number of amides is 1. The van der Waals surface area contributed by atoms with Crippen molar-refractivity contribution in [1.29, 1.82) is 0 Å². The Labute approximate surface area is 136 Å². The van der Waals surface area contributed by atoms with E-state index < -0.39 is 6.04 Å². The molecule has 1 saturated carbocycles. The Hall–Kier alpha value is -0.360. The summed E-state index contributed by atoms with van der Waals surface area (Å²) in [4.78, 5) is 16.5. The first-order valence-corrected chi connectivity index (χ1v) is 7.47. The molecule has 3 N–H and O–H groups in total. The minimum absolute atomic E-state index is 0. The predicted molar refractivity (Wildman–Crippen MR) is 87.8 cm³/mol. The summed E-state index contributed by atoms with van der Waals surface area (Å²) < 4.78 is 0. The van der Waals surface area contributed by atoms with Crippen LogP contribution in [0.3, 0.4) is 0 Å². The van der Waals surface area contributed by atoms with Crippen LogP contribution in [-0.4, -0.2) is 16.9 Å². The number of nitrogens with two attached hydrogens (primary N) is 1. The molecule has 7 heteroatoms. The minimum Gasteiger partial charge on any atom is -0.345 e. The van der Waals surface area contributed by atoms with Gasteiger partial charge in [-0.15, -0.1) is 36.2 Å². The molecule has 1 aliphatic rings. The average molecular weight is 340 g/mol. The Balaban J connectivity index is 0.00000180. The maximum atomic E-state index is 12.0. The Bertz CT molecular complexity index is 424. The zero-order chi connectivity index (χ0) is 13.1. The molecule has 0 saturated heterocycles. The molecule has 0 bridgehead atoms. The van der Waals surface area contributed by atoms with Gasteiger partial charge in [0, 0.05) is 11.1 Å². The lowest BCUT2D eigenvalue weighted by molar-refractivity contribution is -0.123. The lowest BCUT2D eigenvalue weighted by Crippen LogP contribution is -2.42. The van der Waals surface area contributed by atoms with Crippen molar-refractivity contribution < 1.29 is 4.79 Å². The fraction of sp³-hybridized carbons (Fsp3) is 0.692. The number of carbonyl (C=O) groups is 1.